The molecule has 3 aromatic carbocycles. The summed E-state index contributed by atoms with van der Waals surface area (Å²) < 4.78 is 0. The average Bonchev–Trinajstić information content (AvgIpc) is 3.09. The highest BCUT2D eigenvalue weighted by Crippen LogP contribution is 2.45. The Bertz CT molecular complexity index is 1930. The fraction of sp³-hybridized carbons (Fsp3) is 0. The van der Waals surface area contributed by atoms with E-state index >= 15 is 0 Å². The van der Waals surface area contributed by atoms with Crippen molar-refractivity contribution in [2.24, 2.45) is 0 Å². The topological polar surface area (TPSA) is 67.7 Å². The number of hydrogen-bond donors (Lipinski definition) is 0. The summed E-state index contributed by atoms with van der Waals surface area (Å²) in [6, 6.07) is 35.1. The van der Waals surface area contributed by atoms with E-state index in [1.807, 2.05) is 42.5 Å². The minimum atomic E-state index is 0.101. The van der Waals surface area contributed by atoms with E-state index < -0.39 is 0 Å². The van der Waals surface area contributed by atoms with Crippen LogP contribution in [0.1, 0.15) is 0 Å². The van der Waals surface area contributed by atoms with Gasteiger partial charge in [-0.05, 0) is 70.8 Å². The Morgan fingerprint density at radius 1 is 0.548 bits per heavy atom. The smallest absolute Gasteiger partial charge is 0.320 e. The fourth-order valence-corrected chi connectivity index (χ4v) is 5.78. The van der Waals surface area contributed by atoms with Crippen LogP contribution in [0.5, 0.6) is 0 Å². The number of benzene rings is 3. The maximum absolute atomic E-state index is 4.97. The molecule has 6 aromatic rings. The molecule has 8 rings (SSSR count). The molecule has 7 heteroatoms. The first-order chi connectivity index (χ1) is 20.8. The highest BCUT2D eigenvalue weighted by Gasteiger charge is 2.35. The first-order valence-corrected chi connectivity index (χ1v) is 13.9. The number of fused-ring (bicyclic) bond motifs is 6. The lowest BCUT2D eigenvalue weighted by molar-refractivity contribution is 1.05. The Kier molecular flexibility index (Phi) is 5.78. The molecule has 0 atom stereocenters. The molecular weight excluding hydrogens is 515 g/mol. The van der Waals surface area contributed by atoms with Crippen molar-refractivity contribution in [1.29, 1.82) is 0 Å². The molecule has 0 aliphatic carbocycles. The van der Waals surface area contributed by atoms with Crippen molar-refractivity contribution in [2.45, 2.75) is 0 Å². The van der Waals surface area contributed by atoms with E-state index in [2.05, 4.69) is 99.8 Å². The van der Waals surface area contributed by atoms with Crippen LogP contribution in [0.2, 0.25) is 0 Å². The van der Waals surface area contributed by atoms with Crippen LogP contribution >= 0.6 is 0 Å². The molecule has 0 N–H and O–H groups in total. The third kappa shape index (κ3) is 4.11. The molecule has 0 amide bonds. The summed E-state index contributed by atoms with van der Waals surface area (Å²) in [7, 11) is 0. The lowest BCUT2D eigenvalue weighted by atomic mass is 9.49. The molecule has 0 unspecified atom stereocenters. The van der Waals surface area contributed by atoms with Gasteiger partial charge >= 0.3 is 6.85 Å². The van der Waals surface area contributed by atoms with Gasteiger partial charge in [-0.25, -0.2) is 15.0 Å². The summed E-state index contributed by atoms with van der Waals surface area (Å²) in [5, 5.41) is 0. The van der Waals surface area contributed by atoms with E-state index in [0.717, 1.165) is 22.4 Å². The monoisotopic (exact) mass is 538 g/mol. The highest BCUT2D eigenvalue weighted by molar-refractivity contribution is 6.83. The quantitative estimate of drug-likeness (QED) is 0.235. The van der Waals surface area contributed by atoms with Gasteiger partial charge in [0.2, 0.25) is 0 Å². The molecular formula is C35H23BN6. The normalized spacial score (nSPS) is 13.0. The Labute approximate surface area is 243 Å². The molecule has 0 fully saturated rings. The van der Waals surface area contributed by atoms with Crippen LogP contribution in [-0.4, -0.2) is 31.8 Å². The van der Waals surface area contributed by atoms with Crippen molar-refractivity contribution in [3.05, 3.63) is 140 Å². The third-order valence-corrected chi connectivity index (χ3v) is 7.66. The van der Waals surface area contributed by atoms with E-state index in [4.69, 9.17) is 15.0 Å². The van der Waals surface area contributed by atoms with Gasteiger partial charge in [0.1, 0.15) is 11.4 Å². The van der Waals surface area contributed by atoms with Gasteiger partial charge in [0.15, 0.2) is 17.5 Å². The third-order valence-electron chi connectivity index (χ3n) is 7.66. The number of rotatable bonds is 4. The molecule has 0 radical (unpaired) electrons. The highest BCUT2D eigenvalue weighted by atomic mass is 15.1. The molecule has 0 bridgehead atoms. The van der Waals surface area contributed by atoms with Crippen molar-refractivity contribution >= 4 is 18.0 Å². The van der Waals surface area contributed by atoms with Crippen LogP contribution in [0.4, 0.5) is 5.69 Å². The summed E-state index contributed by atoms with van der Waals surface area (Å²) in [5.74, 6) is 3.82. The van der Waals surface area contributed by atoms with Gasteiger partial charge in [0, 0.05) is 29.2 Å². The predicted octanol–water partition coefficient (Wildman–Crippen LogP) is 6.64. The van der Waals surface area contributed by atoms with Gasteiger partial charge in [-0.3, -0.25) is 9.97 Å². The van der Waals surface area contributed by atoms with Gasteiger partial charge < -0.3 is 4.81 Å². The number of hydrogen-bond acceptors (Lipinski definition) is 6. The van der Waals surface area contributed by atoms with Gasteiger partial charge in [0.25, 0.3) is 0 Å². The molecule has 0 spiro atoms. The molecule has 2 aliphatic rings. The molecule has 6 nitrogen and oxygen atoms in total. The molecule has 2 aliphatic heterocycles. The standard InChI is InChI=1S/C35H23BN6/c1-2-12-24(13-3-1)27-22-25(23-31-32(27)26-14-4-5-15-28(26)36-18-8-11-21-42(31)36)33-39-34(29-16-6-9-19-37-29)41-35(40-33)30-17-7-10-20-38-30/h1-23H. The minimum absolute atomic E-state index is 0.101. The first kappa shape index (κ1) is 24.1. The minimum Gasteiger partial charge on any atom is -0.383 e. The maximum atomic E-state index is 4.97. The Balaban J connectivity index is 1.42. The largest absolute Gasteiger partial charge is 0.383 e. The zero-order valence-electron chi connectivity index (χ0n) is 22.5. The number of allylic oxidation sites excluding steroid dienone is 2. The van der Waals surface area contributed by atoms with Crippen molar-refractivity contribution in [3.63, 3.8) is 0 Å². The lowest BCUT2D eigenvalue weighted by Gasteiger charge is -2.37. The number of aromatic nitrogens is 5. The van der Waals surface area contributed by atoms with Crippen molar-refractivity contribution in [1.82, 2.24) is 24.9 Å². The summed E-state index contributed by atoms with van der Waals surface area (Å²) in [5.41, 5.74) is 9.32. The van der Waals surface area contributed by atoms with E-state index in [0.29, 0.717) is 28.9 Å². The first-order valence-electron chi connectivity index (χ1n) is 13.9. The second-order valence-electron chi connectivity index (χ2n) is 10.2. The zero-order valence-corrected chi connectivity index (χ0v) is 22.5. The summed E-state index contributed by atoms with van der Waals surface area (Å²) in [6.45, 7) is 0.101. The second kappa shape index (κ2) is 10.1. The fourth-order valence-electron chi connectivity index (χ4n) is 5.78. The van der Waals surface area contributed by atoms with Crippen LogP contribution in [0.3, 0.4) is 0 Å². The summed E-state index contributed by atoms with van der Waals surface area (Å²) >= 11 is 0. The average molecular weight is 538 g/mol. The van der Waals surface area contributed by atoms with E-state index in [9.17, 15) is 0 Å². The van der Waals surface area contributed by atoms with Gasteiger partial charge in [0.05, 0.1) is 0 Å². The molecule has 42 heavy (non-hydrogen) atoms. The van der Waals surface area contributed by atoms with E-state index in [1.165, 1.54) is 16.6 Å². The second-order valence-corrected chi connectivity index (χ2v) is 10.2. The van der Waals surface area contributed by atoms with Crippen LogP contribution in [0.15, 0.2) is 140 Å². The maximum Gasteiger partial charge on any atom is 0.320 e. The van der Waals surface area contributed by atoms with E-state index in [1.54, 1.807) is 12.4 Å². The summed E-state index contributed by atoms with van der Waals surface area (Å²) in [6.07, 6.45) is 9.86. The van der Waals surface area contributed by atoms with Gasteiger partial charge in [-0.1, -0.05) is 78.8 Å². The van der Waals surface area contributed by atoms with E-state index in [-0.39, 0.29) is 6.85 Å². The number of anilines is 1. The SMILES string of the molecule is C1=CB2c3ccccc3-c3c(-c4ccccc4)cc(-c4nc(-c5ccccn5)nc(-c5ccccn5)n4)cc3N2C=C1. The van der Waals surface area contributed by atoms with Crippen LogP contribution in [0.25, 0.3) is 56.7 Å². The zero-order chi connectivity index (χ0) is 27.9. The van der Waals surface area contributed by atoms with Crippen LogP contribution < -0.4 is 10.3 Å². The van der Waals surface area contributed by atoms with Crippen LogP contribution in [0, 0.1) is 0 Å². The van der Waals surface area contributed by atoms with Crippen molar-refractivity contribution in [3.8, 4) is 56.7 Å². The van der Waals surface area contributed by atoms with Crippen molar-refractivity contribution < 1.29 is 0 Å². The Hall–Kier alpha value is -5.69. The number of nitrogens with zero attached hydrogens (tertiary/aromatic N) is 6. The molecule has 0 saturated heterocycles. The number of pyridine rings is 2. The predicted molar refractivity (Wildman–Crippen MR) is 169 cm³/mol. The van der Waals surface area contributed by atoms with Crippen LogP contribution in [-0.2, 0) is 0 Å². The molecule has 196 valence electrons. The molecule has 3 aromatic heterocycles. The Morgan fingerprint density at radius 2 is 1.21 bits per heavy atom. The Morgan fingerprint density at radius 3 is 1.93 bits per heavy atom. The van der Waals surface area contributed by atoms with Gasteiger partial charge in [-0.15, -0.1) is 0 Å². The molecule has 5 heterocycles. The molecule has 0 saturated carbocycles. The van der Waals surface area contributed by atoms with Crippen molar-refractivity contribution in [2.75, 3.05) is 4.81 Å². The lowest BCUT2D eigenvalue weighted by Crippen LogP contribution is -2.49. The van der Waals surface area contributed by atoms with Gasteiger partial charge in [-0.2, -0.15) is 0 Å². The summed E-state index contributed by atoms with van der Waals surface area (Å²) in [4.78, 5) is 26.1.